The molecule has 2 amide bonds. The second-order valence-corrected chi connectivity index (χ2v) is 6.14. The Bertz CT molecular complexity index is 956. The predicted molar refractivity (Wildman–Crippen MR) is 110 cm³/mol. The Labute approximate surface area is 164 Å². The number of pyridine rings is 1. The van der Waals surface area contributed by atoms with Crippen LogP contribution in [0, 0.1) is 0 Å². The van der Waals surface area contributed by atoms with Crippen molar-refractivity contribution in [1.29, 1.82) is 0 Å². The minimum absolute atomic E-state index is 0.214. The van der Waals surface area contributed by atoms with Gasteiger partial charge in [0.1, 0.15) is 5.69 Å². The van der Waals surface area contributed by atoms with E-state index >= 15 is 0 Å². The summed E-state index contributed by atoms with van der Waals surface area (Å²) in [6, 6.07) is 22.3. The van der Waals surface area contributed by atoms with E-state index in [2.05, 4.69) is 16.9 Å². The van der Waals surface area contributed by atoms with Crippen LogP contribution in [0.25, 0.3) is 0 Å². The van der Waals surface area contributed by atoms with E-state index in [1.54, 1.807) is 17.0 Å². The Morgan fingerprint density at radius 1 is 1.00 bits per heavy atom. The Kier molecular flexibility index (Phi) is 6.31. The second kappa shape index (κ2) is 9.28. The van der Waals surface area contributed by atoms with Gasteiger partial charge in [-0.05, 0) is 29.8 Å². The third-order valence-corrected chi connectivity index (χ3v) is 4.14. The van der Waals surface area contributed by atoms with E-state index in [9.17, 15) is 9.59 Å². The summed E-state index contributed by atoms with van der Waals surface area (Å²) < 4.78 is 0. The van der Waals surface area contributed by atoms with Crippen molar-refractivity contribution < 1.29 is 9.59 Å². The number of carbonyl (C=O) groups is 2. The Morgan fingerprint density at radius 2 is 1.68 bits per heavy atom. The van der Waals surface area contributed by atoms with Crippen LogP contribution in [-0.2, 0) is 6.54 Å². The first-order valence-corrected chi connectivity index (χ1v) is 8.95. The van der Waals surface area contributed by atoms with Gasteiger partial charge in [-0.1, -0.05) is 54.6 Å². The van der Waals surface area contributed by atoms with E-state index in [4.69, 9.17) is 0 Å². The number of anilines is 1. The zero-order valence-electron chi connectivity index (χ0n) is 15.4. The molecule has 3 rings (SSSR count). The molecule has 0 fully saturated rings. The van der Waals surface area contributed by atoms with Crippen LogP contribution in [0.15, 0.2) is 91.6 Å². The van der Waals surface area contributed by atoms with Gasteiger partial charge >= 0.3 is 0 Å². The molecule has 3 aromatic rings. The predicted octanol–water partition coefficient (Wildman–Crippen LogP) is 3.84. The lowest BCUT2D eigenvalue weighted by Gasteiger charge is -2.23. The number of para-hydroxylation sites is 1. The van der Waals surface area contributed by atoms with Gasteiger partial charge in [-0.15, -0.1) is 6.58 Å². The summed E-state index contributed by atoms with van der Waals surface area (Å²) in [5.41, 5.74) is 2.36. The number of hydrogen-bond acceptors (Lipinski definition) is 3. The highest BCUT2D eigenvalue weighted by atomic mass is 16.2. The molecule has 5 heteroatoms. The van der Waals surface area contributed by atoms with Crippen LogP contribution in [0.1, 0.15) is 26.4 Å². The van der Waals surface area contributed by atoms with Crippen LogP contribution in [0.4, 0.5) is 5.69 Å². The largest absolute Gasteiger partial charge is 0.349 e. The van der Waals surface area contributed by atoms with Crippen LogP contribution >= 0.6 is 0 Å². The molecule has 0 saturated carbocycles. The number of aromatic nitrogens is 1. The van der Waals surface area contributed by atoms with Crippen molar-refractivity contribution >= 4 is 17.5 Å². The number of benzene rings is 2. The molecule has 2 aromatic carbocycles. The van der Waals surface area contributed by atoms with Gasteiger partial charge in [0.05, 0.1) is 6.54 Å². The minimum Gasteiger partial charge on any atom is -0.349 e. The summed E-state index contributed by atoms with van der Waals surface area (Å²) in [4.78, 5) is 31.3. The van der Waals surface area contributed by atoms with Crippen molar-refractivity contribution in [2.24, 2.45) is 0 Å². The fraction of sp³-hybridized carbons (Fsp3) is 0.0870. The van der Waals surface area contributed by atoms with Crippen LogP contribution in [0.5, 0.6) is 0 Å². The van der Waals surface area contributed by atoms with Crippen molar-refractivity contribution in [2.75, 3.05) is 11.4 Å². The second-order valence-electron chi connectivity index (χ2n) is 6.14. The highest BCUT2D eigenvalue weighted by Gasteiger charge is 2.20. The summed E-state index contributed by atoms with van der Waals surface area (Å²) in [6.07, 6.45) is 3.07. The SMILES string of the molecule is C=CCNC(=O)c1ccnc(C(=O)N(Cc2ccccc2)c2ccccc2)c1. The molecule has 0 aliphatic heterocycles. The topological polar surface area (TPSA) is 62.3 Å². The average molecular weight is 371 g/mol. The van der Waals surface area contributed by atoms with Gasteiger partial charge in [0, 0.05) is 24.0 Å². The summed E-state index contributed by atoms with van der Waals surface area (Å²) in [5, 5.41) is 2.71. The molecule has 0 aliphatic carbocycles. The Morgan fingerprint density at radius 3 is 2.36 bits per heavy atom. The van der Waals surface area contributed by atoms with Gasteiger partial charge in [-0.2, -0.15) is 0 Å². The molecular weight excluding hydrogens is 350 g/mol. The third-order valence-electron chi connectivity index (χ3n) is 4.14. The zero-order valence-corrected chi connectivity index (χ0v) is 15.4. The van der Waals surface area contributed by atoms with Gasteiger partial charge in [0.25, 0.3) is 11.8 Å². The van der Waals surface area contributed by atoms with E-state index in [0.717, 1.165) is 11.3 Å². The maximum Gasteiger partial charge on any atom is 0.277 e. The standard InChI is InChI=1S/C23H21N3O2/c1-2-14-25-22(27)19-13-15-24-21(16-19)23(28)26(20-11-7-4-8-12-20)17-18-9-5-3-6-10-18/h2-13,15-16H,1,14,17H2,(H,25,27). The molecule has 0 spiro atoms. The van der Waals surface area contributed by atoms with Gasteiger partial charge in [0.2, 0.25) is 0 Å². The summed E-state index contributed by atoms with van der Waals surface area (Å²) in [7, 11) is 0. The van der Waals surface area contributed by atoms with E-state index in [0.29, 0.717) is 18.7 Å². The summed E-state index contributed by atoms with van der Waals surface area (Å²) >= 11 is 0. The number of rotatable bonds is 7. The first-order chi connectivity index (χ1) is 13.7. The third kappa shape index (κ3) is 4.71. The highest BCUT2D eigenvalue weighted by molar-refractivity contribution is 6.06. The molecule has 1 heterocycles. The quantitative estimate of drug-likeness (QED) is 0.642. The fourth-order valence-electron chi connectivity index (χ4n) is 2.75. The Balaban J connectivity index is 1.91. The molecule has 1 N–H and O–H groups in total. The molecule has 0 aliphatic rings. The van der Waals surface area contributed by atoms with Crippen LogP contribution in [0.2, 0.25) is 0 Å². The van der Waals surface area contributed by atoms with Crippen LogP contribution in [0.3, 0.4) is 0 Å². The highest BCUT2D eigenvalue weighted by Crippen LogP contribution is 2.19. The van der Waals surface area contributed by atoms with Gasteiger partial charge < -0.3 is 10.2 Å². The van der Waals surface area contributed by atoms with Crippen LogP contribution < -0.4 is 10.2 Å². The van der Waals surface area contributed by atoms with Crippen molar-refractivity contribution in [3.05, 3.63) is 108 Å². The number of amides is 2. The number of nitrogens with zero attached hydrogens (tertiary/aromatic N) is 2. The smallest absolute Gasteiger partial charge is 0.277 e. The van der Waals surface area contributed by atoms with Gasteiger partial charge in [-0.3, -0.25) is 14.6 Å². The van der Waals surface area contributed by atoms with Crippen molar-refractivity contribution in [3.8, 4) is 0 Å². The molecule has 1 aromatic heterocycles. The molecule has 0 atom stereocenters. The lowest BCUT2D eigenvalue weighted by atomic mass is 10.1. The van der Waals surface area contributed by atoms with E-state index in [1.165, 1.54) is 12.3 Å². The van der Waals surface area contributed by atoms with Crippen molar-refractivity contribution in [1.82, 2.24) is 10.3 Å². The van der Waals surface area contributed by atoms with Gasteiger partial charge in [-0.25, -0.2) is 0 Å². The average Bonchev–Trinajstić information content (AvgIpc) is 2.76. The maximum atomic E-state index is 13.3. The maximum absolute atomic E-state index is 13.3. The molecule has 28 heavy (non-hydrogen) atoms. The van der Waals surface area contributed by atoms with Crippen molar-refractivity contribution in [2.45, 2.75) is 6.54 Å². The first-order valence-electron chi connectivity index (χ1n) is 8.95. The summed E-state index contributed by atoms with van der Waals surface area (Å²) in [6.45, 7) is 4.34. The monoisotopic (exact) mass is 371 g/mol. The Hall–Kier alpha value is -3.73. The fourth-order valence-corrected chi connectivity index (χ4v) is 2.75. The molecule has 5 nitrogen and oxygen atoms in total. The number of nitrogens with one attached hydrogen (secondary N) is 1. The normalized spacial score (nSPS) is 10.1. The molecule has 0 bridgehead atoms. The molecule has 0 unspecified atom stereocenters. The molecule has 0 radical (unpaired) electrons. The van der Waals surface area contributed by atoms with E-state index < -0.39 is 0 Å². The minimum atomic E-state index is -0.273. The van der Waals surface area contributed by atoms with Crippen LogP contribution in [-0.4, -0.2) is 23.3 Å². The molecular formula is C23H21N3O2. The van der Waals surface area contributed by atoms with Crippen molar-refractivity contribution in [3.63, 3.8) is 0 Å². The zero-order chi connectivity index (χ0) is 19.8. The number of hydrogen-bond donors (Lipinski definition) is 1. The first kappa shape index (κ1) is 19.0. The van der Waals surface area contributed by atoms with E-state index in [1.807, 2.05) is 60.7 Å². The number of carbonyl (C=O) groups excluding carboxylic acids is 2. The van der Waals surface area contributed by atoms with Gasteiger partial charge in [0.15, 0.2) is 0 Å². The lowest BCUT2D eigenvalue weighted by molar-refractivity contribution is 0.0958. The molecule has 0 saturated heterocycles. The molecule has 140 valence electrons. The van der Waals surface area contributed by atoms with E-state index in [-0.39, 0.29) is 17.5 Å². The lowest BCUT2D eigenvalue weighted by Crippen LogP contribution is -2.31. The summed E-state index contributed by atoms with van der Waals surface area (Å²) in [5.74, 6) is -0.543.